The molecule has 2 unspecified atom stereocenters. The number of carbonyl (C=O) groups excluding carboxylic acids is 1. The molecule has 0 aromatic rings. The summed E-state index contributed by atoms with van der Waals surface area (Å²) in [5.41, 5.74) is 0. The van der Waals surface area contributed by atoms with Crippen LogP contribution < -0.4 is 0 Å². The fourth-order valence-corrected chi connectivity index (χ4v) is 2.44. The molecule has 0 aromatic carbocycles. The summed E-state index contributed by atoms with van der Waals surface area (Å²) < 4.78 is 15.2. The van der Waals surface area contributed by atoms with Crippen LogP contribution in [0.5, 0.6) is 0 Å². The molecule has 15 heavy (non-hydrogen) atoms. The maximum absolute atomic E-state index is 11.3. The molecule has 1 aliphatic rings. The average molecular weight is 234 g/mol. The lowest BCUT2D eigenvalue weighted by Gasteiger charge is -2.27. The average Bonchev–Trinajstić information content (AvgIpc) is 2.14. The molecule has 0 saturated heterocycles. The number of hydrogen-bond acceptors (Lipinski definition) is 3. The van der Waals surface area contributed by atoms with Crippen molar-refractivity contribution in [1.29, 1.82) is 0 Å². The number of ketones is 1. The summed E-state index contributed by atoms with van der Waals surface area (Å²) in [6.07, 6.45) is 3.18. The second-order valence-corrected chi connectivity index (χ2v) is 4.88. The number of rotatable bonds is 4. The molecule has 86 valence electrons. The zero-order valence-corrected chi connectivity index (χ0v) is 9.23. The van der Waals surface area contributed by atoms with Crippen LogP contribution in [0, 0.1) is 5.92 Å². The second-order valence-electron chi connectivity index (χ2n) is 3.69. The molecule has 2 atom stereocenters. The predicted molar refractivity (Wildman–Crippen MR) is 54.1 cm³/mol. The first kappa shape index (κ1) is 12.6. The molecule has 0 heterocycles. The summed E-state index contributed by atoms with van der Waals surface area (Å²) in [6.45, 7) is 3.39. The van der Waals surface area contributed by atoms with Gasteiger partial charge >= 0.3 is 7.82 Å². The van der Waals surface area contributed by atoms with Gasteiger partial charge in [-0.1, -0.05) is 13.0 Å². The van der Waals surface area contributed by atoms with E-state index in [0.717, 1.165) is 12.8 Å². The summed E-state index contributed by atoms with van der Waals surface area (Å²) in [7, 11) is -4.44. The molecule has 0 spiro atoms. The Balaban J connectivity index is 2.53. The van der Waals surface area contributed by atoms with E-state index in [2.05, 4.69) is 11.1 Å². The third-order valence-corrected chi connectivity index (χ3v) is 3.09. The SMILES string of the molecule is C=CC(=O)C1CCCC(OP(=O)(O)O)C1. The Morgan fingerprint density at radius 2 is 2.13 bits per heavy atom. The topological polar surface area (TPSA) is 83.8 Å². The molecule has 5 nitrogen and oxygen atoms in total. The molecule has 0 aliphatic heterocycles. The van der Waals surface area contributed by atoms with E-state index in [9.17, 15) is 9.36 Å². The monoisotopic (exact) mass is 234 g/mol. The second kappa shape index (κ2) is 5.03. The van der Waals surface area contributed by atoms with Gasteiger partial charge in [0, 0.05) is 5.92 Å². The van der Waals surface area contributed by atoms with Crippen LogP contribution in [-0.4, -0.2) is 21.7 Å². The summed E-state index contributed by atoms with van der Waals surface area (Å²) in [5, 5.41) is 0. The van der Waals surface area contributed by atoms with Crippen LogP contribution in [0.3, 0.4) is 0 Å². The van der Waals surface area contributed by atoms with Crippen LogP contribution >= 0.6 is 7.82 Å². The quantitative estimate of drug-likeness (QED) is 0.567. The van der Waals surface area contributed by atoms with Crippen molar-refractivity contribution in [2.24, 2.45) is 5.92 Å². The first-order valence-corrected chi connectivity index (χ1v) is 6.35. The molecule has 0 radical (unpaired) electrons. The summed E-state index contributed by atoms with van der Waals surface area (Å²) in [4.78, 5) is 28.6. The first-order valence-electron chi connectivity index (χ1n) is 4.82. The van der Waals surface area contributed by atoms with Crippen molar-refractivity contribution < 1.29 is 23.7 Å². The molecule has 1 rings (SSSR count). The van der Waals surface area contributed by atoms with Crippen LogP contribution in [0.25, 0.3) is 0 Å². The molecule has 1 fully saturated rings. The first-order chi connectivity index (χ1) is 6.92. The van der Waals surface area contributed by atoms with Gasteiger partial charge in [-0.25, -0.2) is 4.57 Å². The van der Waals surface area contributed by atoms with Gasteiger partial charge in [0.25, 0.3) is 0 Å². The lowest BCUT2D eigenvalue weighted by atomic mass is 9.84. The van der Waals surface area contributed by atoms with E-state index in [1.807, 2.05) is 0 Å². The van der Waals surface area contributed by atoms with Gasteiger partial charge in [0.05, 0.1) is 6.10 Å². The number of allylic oxidation sites excluding steroid dienone is 1. The number of hydrogen-bond donors (Lipinski definition) is 2. The molecule has 2 N–H and O–H groups in total. The molecule has 1 saturated carbocycles. The van der Waals surface area contributed by atoms with Gasteiger partial charge in [-0.2, -0.15) is 0 Å². The van der Waals surface area contributed by atoms with Gasteiger partial charge in [-0.05, 0) is 25.3 Å². The highest BCUT2D eigenvalue weighted by molar-refractivity contribution is 7.46. The van der Waals surface area contributed by atoms with E-state index < -0.39 is 13.9 Å². The molecule has 0 aromatic heterocycles. The molecular formula is C9H15O5P. The third kappa shape index (κ3) is 4.26. The molecular weight excluding hydrogens is 219 g/mol. The van der Waals surface area contributed by atoms with Crippen molar-refractivity contribution in [2.45, 2.75) is 31.8 Å². The summed E-state index contributed by atoms with van der Waals surface area (Å²) >= 11 is 0. The minimum atomic E-state index is -4.44. The highest BCUT2D eigenvalue weighted by Crippen LogP contribution is 2.42. The fourth-order valence-electron chi connectivity index (χ4n) is 1.86. The Morgan fingerprint density at radius 3 is 2.67 bits per heavy atom. The number of phosphoric acid groups is 1. The summed E-state index contributed by atoms with van der Waals surface area (Å²) in [6, 6.07) is 0. The lowest BCUT2D eigenvalue weighted by Crippen LogP contribution is -2.26. The normalized spacial score (nSPS) is 27.3. The zero-order chi connectivity index (χ0) is 11.5. The van der Waals surface area contributed by atoms with Crippen LogP contribution in [-0.2, 0) is 13.9 Å². The van der Waals surface area contributed by atoms with Crippen molar-refractivity contribution in [3.05, 3.63) is 12.7 Å². The third-order valence-electron chi connectivity index (χ3n) is 2.52. The van der Waals surface area contributed by atoms with Crippen LogP contribution in [0.4, 0.5) is 0 Å². The van der Waals surface area contributed by atoms with Crippen LogP contribution in [0.1, 0.15) is 25.7 Å². The van der Waals surface area contributed by atoms with Gasteiger partial charge in [-0.3, -0.25) is 9.32 Å². The Labute approximate surface area is 88.4 Å². The Morgan fingerprint density at radius 1 is 1.47 bits per heavy atom. The minimum absolute atomic E-state index is 0.0750. The summed E-state index contributed by atoms with van der Waals surface area (Å²) in [5.74, 6) is -0.276. The van der Waals surface area contributed by atoms with Crippen molar-refractivity contribution in [3.8, 4) is 0 Å². The zero-order valence-electron chi connectivity index (χ0n) is 8.33. The van der Waals surface area contributed by atoms with E-state index in [1.165, 1.54) is 6.08 Å². The molecule has 0 amide bonds. The van der Waals surface area contributed by atoms with Crippen LogP contribution in [0.2, 0.25) is 0 Å². The van der Waals surface area contributed by atoms with Crippen molar-refractivity contribution in [1.82, 2.24) is 0 Å². The lowest BCUT2D eigenvalue weighted by molar-refractivity contribution is -0.120. The van der Waals surface area contributed by atoms with Crippen molar-refractivity contribution in [2.75, 3.05) is 0 Å². The van der Waals surface area contributed by atoms with E-state index in [0.29, 0.717) is 12.8 Å². The molecule has 1 aliphatic carbocycles. The van der Waals surface area contributed by atoms with Gasteiger partial charge in [-0.15, -0.1) is 0 Å². The maximum atomic E-state index is 11.3. The maximum Gasteiger partial charge on any atom is 0.469 e. The van der Waals surface area contributed by atoms with E-state index in [-0.39, 0.29) is 11.7 Å². The molecule has 6 heteroatoms. The highest BCUT2D eigenvalue weighted by Gasteiger charge is 2.30. The number of carbonyl (C=O) groups is 1. The smallest absolute Gasteiger partial charge is 0.303 e. The van der Waals surface area contributed by atoms with Gasteiger partial charge in [0.1, 0.15) is 0 Å². The van der Waals surface area contributed by atoms with E-state index in [4.69, 9.17) is 9.79 Å². The fraction of sp³-hybridized carbons (Fsp3) is 0.667. The minimum Gasteiger partial charge on any atom is -0.303 e. The Hall–Kier alpha value is -0.480. The Kier molecular flexibility index (Phi) is 4.22. The van der Waals surface area contributed by atoms with Gasteiger partial charge < -0.3 is 9.79 Å². The Bertz CT molecular complexity index is 295. The standard InChI is InChI=1S/C9H15O5P/c1-2-9(10)7-4-3-5-8(6-7)14-15(11,12)13/h2,7-8H,1,3-6H2,(H2,11,12,13). The predicted octanol–water partition coefficient (Wildman–Crippen LogP) is 1.41. The number of phosphoric ester groups is 1. The molecule has 0 bridgehead atoms. The van der Waals surface area contributed by atoms with Crippen molar-refractivity contribution in [3.63, 3.8) is 0 Å². The van der Waals surface area contributed by atoms with Gasteiger partial charge in [0.15, 0.2) is 5.78 Å². The van der Waals surface area contributed by atoms with Crippen LogP contribution in [0.15, 0.2) is 12.7 Å². The van der Waals surface area contributed by atoms with E-state index >= 15 is 0 Å². The highest BCUT2D eigenvalue weighted by atomic mass is 31.2. The van der Waals surface area contributed by atoms with Crippen molar-refractivity contribution >= 4 is 13.6 Å². The largest absolute Gasteiger partial charge is 0.469 e. The van der Waals surface area contributed by atoms with Gasteiger partial charge in [0.2, 0.25) is 0 Å². The van der Waals surface area contributed by atoms with E-state index in [1.54, 1.807) is 0 Å².